The standard InChI is InChI=1S/2C12H18N2O3/c1-7(15)9-4-8(2-3-10(9)13)14-5-11(16)12(17)6-14;13-10-2-1-9(5-8(10)3-4-15)14-6-11(16)12(17)7-14/h2-4,7,11-12,15-17H,5-6,13H2,1H3;1-2,5,11-12,15-17H,3-4,6-7,13H2. The lowest BCUT2D eigenvalue weighted by molar-refractivity contribution is 0.0572. The monoisotopic (exact) mass is 476 g/mol. The van der Waals surface area contributed by atoms with Gasteiger partial charge in [-0.1, -0.05) is 0 Å². The van der Waals surface area contributed by atoms with Gasteiger partial charge in [0.05, 0.1) is 30.5 Å². The Morgan fingerprint density at radius 3 is 1.68 bits per heavy atom. The summed E-state index contributed by atoms with van der Waals surface area (Å²) in [6, 6.07) is 10.9. The van der Waals surface area contributed by atoms with E-state index in [1.54, 1.807) is 25.1 Å². The van der Waals surface area contributed by atoms with Crippen LogP contribution in [0.2, 0.25) is 0 Å². The van der Waals surface area contributed by atoms with Gasteiger partial charge in [-0.05, 0) is 55.3 Å². The average molecular weight is 477 g/mol. The molecule has 2 aliphatic heterocycles. The Hall–Kier alpha value is -2.60. The molecule has 0 amide bonds. The molecule has 5 atom stereocenters. The summed E-state index contributed by atoms with van der Waals surface area (Å²) in [5.74, 6) is 0. The largest absolute Gasteiger partial charge is 0.399 e. The molecule has 5 unspecified atom stereocenters. The van der Waals surface area contributed by atoms with Crippen LogP contribution in [0.3, 0.4) is 0 Å². The van der Waals surface area contributed by atoms with E-state index in [9.17, 15) is 25.5 Å². The number of aliphatic hydroxyl groups is 6. The van der Waals surface area contributed by atoms with E-state index >= 15 is 0 Å². The number of nitrogen functional groups attached to an aromatic ring is 2. The van der Waals surface area contributed by atoms with Gasteiger partial charge in [-0.2, -0.15) is 0 Å². The van der Waals surface area contributed by atoms with Crippen LogP contribution in [0.25, 0.3) is 0 Å². The van der Waals surface area contributed by atoms with Crippen molar-refractivity contribution in [2.45, 2.75) is 43.9 Å². The maximum absolute atomic E-state index is 9.58. The molecule has 0 aliphatic carbocycles. The molecule has 10 nitrogen and oxygen atoms in total. The summed E-state index contributed by atoms with van der Waals surface area (Å²) in [6.45, 7) is 3.34. The summed E-state index contributed by atoms with van der Waals surface area (Å²) < 4.78 is 0. The van der Waals surface area contributed by atoms with Crippen molar-refractivity contribution >= 4 is 22.7 Å². The molecule has 2 heterocycles. The van der Waals surface area contributed by atoms with Gasteiger partial charge in [0.25, 0.3) is 0 Å². The zero-order valence-electron chi connectivity index (χ0n) is 19.3. The zero-order valence-corrected chi connectivity index (χ0v) is 19.3. The first-order chi connectivity index (χ1) is 16.1. The molecule has 0 aromatic heterocycles. The molecule has 10 heteroatoms. The Labute approximate surface area is 199 Å². The van der Waals surface area contributed by atoms with Crippen molar-refractivity contribution in [1.82, 2.24) is 0 Å². The van der Waals surface area contributed by atoms with Gasteiger partial charge in [-0.15, -0.1) is 0 Å². The molecule has 2 aromatic carbocycles. The predicted molar refractivity (Wildman–Crippen MR) is 132 cm³/mol. The van der Waals surface area contributed by atoms with E-state index in [1.165, 1.54) is 0 Å². The molecule has 0 radical (unpaired) electrons. The van der Waals surface area contributed by atoms with Crippen molar-refractivity contribution in [3.05, 3.63) is 47.5 Å². The second kappa shape index (κ2) is 11.2. The molecule has 2 aromatic rings. The third kappa shape index (κ3) is 6.09. The number of β-amino-alcohol motifs (C(OH)–C–C–N with tert-alkyl or cyclic N) is 4. The molecule has 0 bridgehead atoms. The highest BCUT2D eigenvalue weighted by molar-refractivity contribution is 5.60. The van der Waals surface area contributed by atoms with Gasteiger partial charge in [0.15, 0.2) is 0 Å². The fourth-order valence-electron chi connectivity index (χ4n) is 4.21. The van der Waals surface area contributed by atoms with Crippen LogP contribution in [0.1, 0.15) is 24.2 Å². The van der Waals surface area contributed by atoms with Gasteiger partial charge in [0.2, 0.25) is 0 Å². The van der Waals surface area contributed by atoms with Gasteiger partial charge in [0.1, 0.15) is 0 Å². The highest BCUT2D eigenvalue weighted by Gasteiger charge is 2.30. The van der Waals surface area contributed by atoms with Crippen LogP contribution in [0.15, 0.2) is 36.4 Å². The minimum Gasteiger partial charge on any atom is -0.399 e. The first-order valence-corrected chi connectivity index (χ1v) is 11.4. The molecule has 2 saturated heterocycles. The molecule has 2 aliphatic rings. The van der Waals surface area contributed by atoms with Crippen LogP contribution in [-0.4, -0.2) is 87.8 Å². The quantitative estimate of drug-likeness (QED) is 0.255. The third-order valence-electron chi connectivity index (χ3n) is 6.28. The van der Waals surface area contributed by atoms with E-state index in [2.05, 4.69) is 0 Å². The summed E-state index contributed by atoms with van der Waals surface area (Å²) in [7, 11) is 0. The molecular weight excluding hydrogens is 440 g/mol. The van der Waals surface area contributed by atoms with Crippen molar-refractivity contribution in [2.75, 3.05) is 54.1 Å². The van der Waals surface area contributed by atoms with E-state index in [0.29, 0.717) is 49.5 Å². The predicted octanol–water partition coefficient (Wildman–Crippen LogP) is -0.791. The molecule has 2 fully saturated rings. The Morgan fingerprint density at radius 1 is 0.794 bits per heavy atom. The van der Waals surface area contributed by atoms with Gasteiger partial charge in [-0.3, -0.25) is 0 Å². The summed E-state index contributed by atoms with van der Waals surface area (Å²) >= 11 is 0. The number of rotatable bonds is 5. The molecule has 0 saturated carbocycles. The van der Waals surface area contributed by atoms with Gasteiger partial charge >= 0.3 is 0 Å². The summed E-state index contributed by atoms with van der Waals surface area (Å²) in [4.78, 5) is 3.79. The number of nitrogens with two attached hydrogens (primary N) is 2. The zero-order chi connectivity index (χ0) is 25.0. The first-order valence-electron chi connectivity index (χ1n) is 11.4. The second-order valence-corrected chi connectivity index (χ2v) is 8.93. The SMILES string of the molecule is CC(O)c1cc(N2CC(O)C(O)C2)ccc1N.Nc1ccc(N2CC(O)C(O)C2)cc1CCO. The normalized spacial score (nSPS) is 25.3. The summed E-state index contributed by atoms with van der Waals surface area (Å²) in [5, 5.41) is 56.5. The molecule has 4 rings (SSSR count). The van der Waals surface area contributed by atoms with Gasteiger partial charge in [-0.25, -0.2) is 0 Å². The number of hydrogen-bond acceptors (Lipinski definition) is 10. The lowest BCUT2D eigenvalue weighted by Crippen LogP contribution is -2.22. The molecule has 34 heavy (non-hydrogen) atoms. The number of aliphatic hydroxyl groups excluding tert-OH is 6. The fraction of sp³-hybridized carbons (Fsp3) is 0.500. The number of nitrogens with zero attached hydrogens (tertiary/aromatic N) is 2. The maximum Gasteiger partial charge on any atom is 0.0990 e. The number of anilines is 4. The first kappa shape index (κ1) is 26.0. The Balaban J connectivity index is 0.000000191. The van der Waals surface area contributed by atoms with Crippen molar-refractivity contribution in [3.63, 3.8) is 0 Å². The van der Waals surface area contributed by atoms with Crippen LogP contribution >= 0.6 is 0 Å². The lowest BCUT2D eigenvalue weighted by Gasteiger charge is -2.20. The summed E-state index contributed by atoms with van der Waals surface area (Å²) in [5.41, 5.74) is 16.1. The minimum atomic E-state index is -0.720. The van der Waals surface area contributed by atoms with E-state index in [-0.39, 0.29) is 6.61 Å². The summed E-state index contributed by atoms with van der Waals surface area (Å²) in [6.07, 6.45) is -2.96. The molecule has 188 valence electrons. The second-order valence-electron chi connectivity index (χ2n) is 8.93. The average Bonchev–Trinajstić information content (AvgIpc) is 3.31. The minimum absolute atomic E-state index is 0.0545. The highest BCUT2D eigenvalue weighted by atomic mass is 16.3. The van der Waals surface area contributed by atoms with Gasteiger partial charge < -0.3 is 51.9 Å². The number of hydrogen-bond donors (Lipinski definition) is 8. The van der Waals surface area contributed by atoms with E-state index < -0.39 is 30.5 Å². The van der Waals surface area contributed by atoms with Crippen LogP contribution in [0.4, 0.5) is 22.7 Å². The van der Waals surface area contributed by atoms with Crippen molar-refractivity contribution < 1.29 is 30.6 Å². The van der Waals surface area contributed by atoms with Crippen LogP contribution in [0.5, 0.6) is 0 Å². The Bertz CT molecular complexity index is 939. The van der Waals surface area contributed by atoms with Crippen LogP contribution < -0.4 is 21.3 Å². The Morgan fingerprint density at radius 2 is 1.24 bits per heavy atom. The molecule has 0 spiro atoms. The third-order valence-corrected chi connectivity index (χ3v) is 6.28. The van der Waals surface area contributed by atoms with E-state index in [0.717, 1.165) is 16.9 Å². The highest BCUT2D eigenvalue weighted by Crippen LogP contribution is 2.28. The smallest absolute Gasteiger partial charge is 0.0990 e. The van der Waals surface area contributed by atoms with Crippen molar-refractivity contribution in [1.29, 1.82) is 0 Å². The van der Waals surface area contributed by atoms with Gasteiger partial charge in [0, 0.05) is 61.1 Å². The van der Waals surface area contributed by atoms with E-state index in [4.69, 9.17) is 16.6 Å². The molecule has 10 N–H and O–H groups in total. The lowest BCUT2D eigenvalue weighted by atomic mass is 10.1. The van der Waals surface area contributed by atoms with E-state index in [1.807, 2.05) is 28.0 Å². The van der Waals surface area contributed by atoms with Crippen molar-refractivity contribution in [2.24, 2.45) is 0 Å². The Kier molecular flexibility index (Phi) is 8.58. The molecular formula is C24H36N4O6. The topological polar surface area (TPSA) is 180 Å². The van der Waals surface area contributed by atoms with Crippen molar-refractivity contribution in [3.8, 4) is 0 Å². The van der Waals surface area contributed by atoms with Crippen LogP contribution in [0, 0.1) is 0 Å². The van der Waals surface area contributed by atoms with Crippen LogP contribution in [-0.2, 0) is 6.42 Å². The fourth-order valence-corrected chi connectivity index (χ4v) is 4.21. The number of benzene rings is 2. The maximum atomic E-state index is 9.58.